The molecule has 1 aromatic heterocycles. The summed E-state index contributed by atoms with van der Waals surface area (Å²) in [6.45, 7) is 1.75. The van der Waals surface area contributed by atoms with Crippen LogP contribution in [0.5, 0.6) is 0 Å². The van der Waals surface area contributed by atoms with E-state index < -0.39 is 27.7 Å². The monoisotopic (exact) mass is 454 g/mol. The zero-order valence-electron chi connectivity index (χ0n) is 14.8. The van der Waals surface area contributed by atoms with Crippen LogP contribution < -0.4 is 10.0 Å². The van der Waals surface area contributed by atoms with Gasteiger partial charge in [0, 0.05) is 16.5 Å². The average molecular weight is 455 g/mol. The predicted octanol–water partition coefficient (Wildman–Crippen LogP) is 4.56. The van der Waals surface area contributed by atoms with Crippen LogP contribution in [0.15, 0.2) is 51.1 Å². The van der Waals surface area contributed by atoms with E-state index >= 15 is 0 Å². The van der Waals surface area contributed by atoms with Crippen molar-refractivity contribution in [3.05, 3.63) is 63.6 Å². The standard InChI is InChI=1S/C18H13ClF2N4O2S2/c1-9(14-7-28-8-22-14)23-18-24-17-12(11-3-2-4-13(21)16(11)19)5-10(20)6-15(17)29(26,27)25-18/h2-9H,1H3,(H2,23,24,25). The first-order valence-corrected chi connectivity index (χ1v) is 11.1. The van der Waals surface area contributed by atoms with Crippen LogP contribution in [-0.2, 0) is 10.0 Å². The molecule has 2 N–H and O–H groups in total. The maximum Gasteiger partial charge on any atom is 0.266 e. The maximum absolute atomic E-state index is 14.2. The van der Waals surface area contributed by atoms with Gasteiger partial charge in [-0.3, -0.25) is 0 Å². The minimum absolute atomic E-state index is 0.0571. The van der Waals surface area contributed by atoms with Crippen LogP contribution in [0.1, 0.15) is 18.7 Å². The summed E-state index contributed by atoms with van der Waals surface area (Å²) in [5.41, 5.74) is 2.62. The van der Waals surface area contributed by atoms with Crippen LogP contribution in [0.2, 0.25) is 5.02 Å². The fourth-order valence-electron chi connectivity index (χ4n) is 2.92. The number of nitrogens with one attached hydrogen (secondary N) is 2. The van der Waals surface area contributed by atoms with Crippen molar-refractivity contribution in [2.24, 2.45) is 4.99 Å². The largest absolute Gasteiger partial charge is 0.324 e. The summed E-state index contributed by atoms with van der Waals surface area (Å²) >= 11 is 7.45. The third-order valence-corrected chi connectivity index (χ3v) is 6.63. The number of nitrogens with zero attached hydrogens (tertiary/aromatic N) is 2. The molecule has 2 heterocycles. The highest BCUT2D eigenvalue weighted by molar-refractivity contribution is 7.90. The van der Waals surface area contributed by atoms with E-state index in [1.165, 1.54) is 23.5 Å². The molecule has 0 saturated carbocycles. The normalized spacial score (nSPS) is 17.3. The van der Waals surface area contributed by atoms with E-state index in [9.17, 15) is 17.2 Å². The van der Waals surface area contributed by atoms with Gasteiger partial charge in [-0.1, -0.05) is 23.7 Å². The van der Waals surface area contributed by atoms with Crippen molar-refractivity contribution in [3.8, 4) is 11.1 Å². The third kappa shape index (κ3) is 3.70. The van der Waals surface area contributed by atoms with E-state index in [1.54, 1.807) is 17.8 Å². The lowest BCUT2D eigenvalue weighted by molar-refractivity contribution is 0.586. The number of guanidine groups is 1. The number of hydrogen-bond donors (Lipinski definition) is 2. The summed E-state index contributed by atoms with van der Waals surface area (Å²) < 4.78 is 55.9. The minimum Gasteiger partial charge on any atom is -0.324 e. The molecule has 0 aliphatic carbocycles. The van der Waals surface area contributed by atoms with E-state index in [2.05, 4.69) is 20.0 Å². The van der Waals surface area contributed by atoms with Crippen LogP contribution in [0.3, 0.4) is 0 Å². The number of aliphatic imine (C=N–C) groups is 1. The first-order chi connectivity index (χ1) is 13.8. The summed E-state index contributed by atoms with van der Waals surface area (Å²) in [5.74, 6) is -1.56. The Kier molecular flexibility index (Phi) is 5.01. The first-order valence-electron chi connectivity index (χ1n) is 8.30. The zero-order valence-corrected chi connectivity index (χ0v) is 17.2. The lowest BCUT2D eigenvalue weighted by Gasteiger charge is -2.25. The Morgan fingerprint density at radius 3 is 2.76 bits per heavy atom. The van der Waals surface area contributed by atoms with Crippen molar-refractivity contribution in [2.45, 2.75) is 17.9 Å². The molecule has 11 heteroatoms. The molecule has 150 valence electrons. The molecular weight excluding hydrogens is 442 g/mol. The highest BCUT2D eigenvalue weighted by Crippen LogP contribution is 2.40. The number of thiazole rings is 1. The van der Waals surface area contributed by atoms with Crippen LogP contribution >= 0.6 is 22.9 Å². The second kappa shape index (κ2) is 7.36. The molecule has 0 amide bonds. The fraction of sp³-hybridized carbons (Fsp3) is 0.111. The number of benzene rings is 2. The molecule has 1 atom stereocenters. The van der Waals surface area contributed by atoms with Gasteiger partial charge in [-0.2, -0.15) is 0 Å². The Balaban J connectivity index is 1.88. The molecule has 1 aliphatic rings. The second-order valence-corrected chi connectivity index (χ2v) is 8.97. The summed E-state index contributed by atoms with van der Waals surface area (Å²) in [4.78, 5) is 8.16. The highest BCUT2D eigenvalue weighted by atomic mass is 35.5. The molecule has 1 aliphatic heterocycles. The van der Waals surface area contributed by atoms with E-state index in [4.69, 9.17) is 11.6 Å². The Hall–Kier alpha value is -2.56. The van der Waals surface area contributed by atoms with Gasteiger partial charge in [0.1, 0.15) is 16.5 Å². The maximum atomic E-state index is 14.2. The average Bonchev–Trinajstić information content (AvgIpc) is 3.19. The minimum atomic E-state index is -4.12. The van der Waals surface area contributed by atoms with Crippen molar-refractivity contribution in [2.75, 3.05) is 5.32 Å². The highest BCUT2D eigenvalue weighted by Gasteiger charge is 2.31. The molecule has 6 nitrogen and oxygen atoms in total. The molecule has 0 radical (unpaired) electrons. The van der Waals surface area contributed by atoms with Gasteiger partial charge in [-0.15, -0.1) is 11.3 Å². The molecule has 3 aromatic rings. The van der Waals surface area contributed by atoms with Gasteiger partial charge in [0.2, 0.25) is 5.96 Å². The van der Waals surface area contributed by atoms with E-state index in [0.717, 1.165) is 18.2 Å². The van der Waals surface area contributed by atoms with Gasteiger partial charge in [-0.05, 0) is 25.1 Å². The fourth-order valence-corrected chi connectivity index (χ4v) is 4.95. The van der Waals surface area contributed by atoms with Gasteiger partial charge in [0.05, 0.1) is 28.0 Å². The lowest BCUT2D eigenvalue weighted by atomic mass is 10.0. The van der Waals surface area contributed by atoms with Gasteiger partial charge < -0.3 is 5.32 Å². The topological polar surface area (TPSA) is 83.5 Å². The van der Waals surface area contributed by atoms with Gasteiger partial charge in [-0.25, -0.2) is 31.9 Å². The first kappa shape index (κ1) is 19.7. The van der Waals surface area contributed by atoms with Crippen LogP contribution in [0, 0.1) is 11.6 Å². The number of sulfonamides is 1. The summed E-state index contributed by atoms with van der Waals surface area (Å²) in [6.07, 6.45) is 0. The van der Waals surface area contributed by atoms with Crippen molar-refractivity contribution in [1.82, 2.24) is 9.71 Å². The van der Waals surface area contributed by atoms with Gasteiger partial charge in [0.25, 0.3) is 10.0 Å². The Bertz CT molecular complexity index is 1230. The molecule has 4 rings (SSSR count). The number of aromatic nitrogens is 1. The van der Waals surface area contributed by atoms with Gasteiger partial charge in [0.15, 0.2) is 0 Å². The van der Waals surface area contributed by atoms with E-state index in [1.807, 2.05) is 0 Å². The zero-order chi connectivity index (χ0) is 20.8. The number of hydrogen-bond acceptors (Lipinski definition) is 5. The van der Waals surface area contributed by atoms with E-state index in [-0.39, 0.29) is 32.7 Å². The van der Waals surface area contributed by atoms with Crippen LogP contribution in [0.25, 0.3) is 11.1 Å². The summed E-state index contributed by atoms with van der Waals surface area (Å²) in [6, 6.07) is 5.58. The molecule has 1 unspecified atom stereocenters. The SMILES string of the molecule is CC(N=C1Nc2c(-c3cccc(F)c3Cl)cc(F)cc2S(=O)(=O)N1)c1cscn1. The van der Waals surface area contributed by atoms with Crippen LogP contribution in [-0.4, -0.2) is 19.4 Å². The molecule has 2 aromatic carbocycles. The Morgan fingerprint density at radius 1 is 1.24 bits per heavy atom. The molecule has 0 spiro atoms. The Labute approximate surface area is 174 Å². The quantitative estimate of drug-likeness (QED) is 0.607. The second-order valence-electron chi connectivity index (χ2n) is 6.23. The van der Waals surface area contributed by atoms with Gasteiger partial charge >= 0.3 is 0 Å². The number of rotatable bonds is 3. The summed E-state index contributed by atoms with van der Waals surface area (Å²) in [7, 11) is -4.12. The molecule has 0 bridgehead atoms. The smallest absolute Gasteiger partial charge is 0.266 e. The molecule has 0 saturated heterocycles. The number of anilines is 1. The van der Waals surface area contributed by atoms with Crippen molar-refractivity contribution < 1.29 is 17.2 Å². The van der Waals surface area contributed by atoms with E-state index in [0.29, 0.717) is 5.69 Å². The summed E-state index contributed by atoms with van der Waals surface area (Å²) in [5, 5.41) is 4.43. The molecular formula is C18H13ClF2N4O2S2. The molecule has 29 heavy (non-hydrogen) atoms. The molecule has 0 fully saturated rings. The lowest BCUT2D eigenvalue weighted by Crippen LogP contribution is -2.41. The third-order valence-electron chi connectivity index (χ3n) is 4.27. The van der Waals surface area contributed by atoms with Crippen molar-refractivity contribution in [1.29, 1.82) is 0 Å². The predicted molar refractivity (Wildman–Crippen MR) is 109 cm³/mol. The number of fused-ring (bicyclic) bond motifs is 1. The number of halogens is 3. The van der Waals surface area contributed by atoms with Crippen molar-refractivity contribution >= 4 is 44.6 Å². The van der Waals surface area contributed by atoms with Crippen molar-refractivity contribution in [3.63, 3.8) is 0 Å². The Morgan fingerprint density at radius 2 is 2.03 bits per heavy atom. The van der Waals surface area contributed by atoms with Crippen LogP contribution in [0.4, 0.5) is 14.5 Å².